The van der Waals surface area contributed by atoms with Gasteiger partial charge in [-0.25, -0.2) is 4.68 Å². The van der Waals surface area contributed by atoms with Gasteiger partial charge in [-0.05, 0) is 45.6 Å². The lowest BCUT2D eigenvalue weighted by Gasteiger charge is -2.70. The fourth-order valence-electron chi connectivity index (χ4n) is 5.19. The van der Waals surface area contributed by atoms with E-state index in [1.54, 1.807) is 35.9 Å². The number of nitrogens with two attached hydrogens (primary N) is 2. The Kier molecular flexibility index (Phi) is 5.90. The molecule has 36 heavy (non-hydrogen) atoms. The number of nitrogen functional groups attached to an aromatic ring is 1. The van der Waals surface area contributed by atoms with Crippen molar-refractivity contribution >= 4 is 17.6 Å². The maximum Gasteiger partial charge on any atom is 0.394 e. The summed E-state index contributed by atoms with van der Waals surface area (Å²) in [6.45, 7) is 5.41. The second kappa shape index (κ2) is 8.40. The second-order valence-corrected chi connectivity index (χ2v) is 10.1. The van der Waals surface area contributed by atoms with E-state index in [0.29, 0.717) is 16.8 Å². The van der Waals surface area contributed by atoms with E-state index in [0.717, 1.165) is 6.08 Å². The van der Waals surface area contributed by atoms with Gasteiger partial charge in [0.1, 0.15) is 23.1 Å². The summed E-state index contributed by atoms with van der Waals surface area (Å²) in [5, 5.41) is 16.2. The van der Waals surface area contributed by atoms with Crippen LogP contribution in [0.2, 0.25) is 0 Å². The Bertz CT molecular complexity index is 1280. The van der Waals surface area contributed by atoms with Crippen LogP contribution in [0, 0.1) is 22.2 Å². The molecule has 2 aromatic rings. The molecule has 0 radical (unpaired) electrons. The summed E-state index contributed by atoms with van der Waals surface area (Å²) in [6.07, 6.45) is -3.61. The van der Waals surface area contributed by atoms with Gasteiger partial charge in [-0.15, -0.1) is 0 Å². The zero-order valence-corrected chi connectivity index (χ0v) is 20.1. The third-order valence-corrected chi connectivity index (χ3v) is 7.40. The third-order valence-electron chi connectivity index (χ3n) is 7.40. The number of alkyl halides is 3. The highest BCUT2D eigenvalue weighted by Crippen LogP contribution is 2.80. The number of halogens is 3. The van der Waals surface area contributed by atoms with E-state index in [1.165, 1.54) is 0 Å². The number of carbonyl (C=O) groups is 2. The normalized spacial score (nSPS) is 23.9. The van der Waals surface area contributed by atoms with Crippen LogP contribution in [0.25, 0.3) is 11.3 Å². The molecule has 2 bridgehead atoms. The summed E-state index contributed by atoms with van der Waals surface area (Å²) in [7, 11) is 0. The van der Waals surface area contributed by atoms with E-state index in [9.17, 15) is 28.0 Å². The van der Waals surface area contributed by atoms with Crippen LogP contribution in [0.4, 0.5) is 19.0 Å². The van der Waals surface area contributed by atoms with Crippen LogP contribution in [0.1, 0.15) is 63.1 Å². The van der Waals surface area contributed by atoms with E-state index in [1.807, 2.05) is 13.8 Å². The summed E-state index contributed by atoms with van der Waals surface area (Å²) >= 11 is 0. The van der Waals surface area contributed by atoms with E-state index < -0.39 is 34.7 Å². The molecule has 5 rings (SSSR count). The van der Waals surface area contributed by atoms with Crippen LogP contribution in [0.15, 0.2) is 36.0 Å². The molecular weight excluding hydrogens is 473 g/mol. The van der Waals surface area contributed by atoms with Crippen LogP contribution in [0.5, 0.6) is 0 Å². The van der Waals surface area contributed by atoms with E-state index in [-0.39, 0.29) is 42.4 Å². The first-order chi connectivity index (χ1) is 16.7. The third kappa shape index (κ3) is 3.90. The minimum Gasteiger partial charge on any atom is -0.401 e. The van der Waals surface area contributed by atoms with Crippen molar-refractivity contribution in [3.8, 4) is 17.3 Å². The molecular formula is C25H27F3N6O2. The molecule has 1 atom stereocenters. The average Bonchev–Trinajstić information content (AvgIpc) is 3.06. The predicted molar refractivity (Wildman–Crippen MR) is 126 cm³/mol. The molecule has 1 aromatic carbocycles. The Morgan fingerprint density at radius 2 is 1.78 bits per heavy atom. The van der Waals surface area contributed by atoms with Gasteiger partial charge in [0.15, 0.2) is 0 Å². The largest absolute Gasteiger partial charge is 0.401 e. The summed E-state index contributed by atoms with van der Waals surface area (Å²) in [5.74, 6) is -1.76. The average molecular weight is 501 g/mol. The Morgan fingerprint density at radius 1 is 1.19 bits per heavy atom. The van der Waals surface area contributed by atoms with E-state index in [2.05, 4.69) is 16.5 Å². The summed E-state index contributed by atoms with van der Waals surface area (Å²) in [4.78, 5) is 24.9. The van der Waals surface area contributed by atoms with Crippen molar-refractivity contribution < 1.29 is 22.8 Å². The molecule has 5 N–H and O–H groups in total. The SMILES string of the molecule is CC(C(=O)NC(=O)C=C(N)C12CC(C(F)(F)F)(C1)C2)c1ccc(-c2nn(C(C)C)c(N)c2C#N)cc1. The number of hydrogen-bond acceptors (Lipinski definition) is 6. The van der Waals surface area contributed by atoms with Crippen molar-refractivity contribution in [3.05, 3.63) is 47.2 Å². The van der Waals surface area contributed by atoms with Crippen LogP contribution < -0.4 is 16.8 Å². The number of hydrogen-bond donors (Lipinski definition) is 3. The lowest BCUT2D eigenvalue weighted by molar-refractivity contribution is -0.352. The summed E-state index contributed by atoms with van der Waals surface area (Å²) < 4.78 is 40.7. The fourth-order valence-corrected chi connectivity index (χ4v) is 5.19. The molecule has 0 aliphatic heterocycles. The second-order valence-electron chi connectivity index (χ2n) is 10.1. The van der Waals surface area contributed by atoms with E-state index in [4.69, 9.17) is 11.5 Å². The molecule has 3 aliphatic carbocycles. The number of nitrogens with zero attached hydrogens (tertiary/aromatic N) is 3. The topological polar surface area (TPSA) is 140 Å². The zero-order valence-electron chi connectivity index (χ0n) is 20.1. The summed E-state index contributed by atoms with van der Waals surface area (Å²) in [6, 6.07) is 8.86. The van der Waals surface area contributed by atoms with Gasteiger partial charge in [0.2, 0.25) is 5.91 Å². The van der Waals surface area contributed by atoms with Gasteiger partial charge in [-0.1, -0.05) is 24.3 Å². The van der Waals surface area contributed by atoms with Crippen molar-refractivity contribution in [1.82, 2.24) is 15.1 Å². The first-order valence-electron chi connectivity index (χ1n) is 11.5. The zero-order chi connectivity index (χ0) is 26.6. The first kappa shape index (κ1) is 25.3. The van der Waals surface area contributed by atoms with Gasteiger partial charge in [-0.2, -0.15) is 23.5 Å². The Labute approximate surface area is 206 Å². The molecule has 0 spiro atoms. The van der Waals surface area contributed by atoms with Crippen molar-refractivity contribution in [2.75, 3.05) is 5.73 Å². The first-order valence-corrected chi connectivity index (χ1v) is 11.5. The molecule has 190 valence electrons. The summed E-state index contributed by atoms with van der Waals surface area (Å²) in [5.41, 5.74) is 11.5. The maximum absolute atomic E-state index is 13.0. The van der Waals surface area contributed by atoms with Gasteiger partial charge >= 0.3 is 6.18 Å². The van der Waals surface area contributed by atoms with Crippen LogP contribution in [0.3, 0.4) is 0 Å². The lowest BCUT2D eigenvalue weighted by atomic mass is 9.34. The number of amides is 2. The fraction of sp³-hybridized carbons (Fsp3) is 0.440. The van der Waals surface area contributed by atoms with Crippen LogP contribution in [-0.4, -0.2) is 27.8 Å². The predicted octanol–water partition coefficient (Wildman–Crippen LogP) is 3.91. The Morgan fingerprint density at radius 3 is 2.28 bits per heavy atom. The number of imide groups is 1. The molecule has 1 unspecified atom stereocenters. The number of allylic oxidation sites excluding steroid dienone is 1. The molecule has 2 amide bonds. The number of nitriles is 1. The molecule has 3 fully saturated rings. The van der Waals surface area contributed by atoms with Crippen LogP contribution >= 0.6 is 0 Å². The highest BCUT2D eigenvalue weighted by molar-refractivity contribution is 6.03. The number of benzene rings is 1. The number of rotatable bonds is 6. The molecule has 8 nitrogen and oxygen atoms in total. The van der Waals surface area contributed by atoms with Crippen LogP contribution in [-0.2, 0) is 9.59 Å². The minimum absolute atomic E-state index is 0.0326. The van der Waals surface area contributed by atoms with Gasteiger partial charge in [0.25, 0.3) is 5.91 Å². The standard InChI is InChI=1S/C25H27F3N6O2/c1-13(2)34-21(31)17(9-29)20(33-34)16-6-4-15(5-7-16)14(3)22(36)32-19(35)8-18(30)23-10-24(11-23,12-23)25(26,27)28/h4-8,13-14H,10-12,30-31H2,1-3H3,(H,32,35,36). The lowest BCUT2D eigenvalue weighted by Crippen LogP contribution is -2.69. The highest BCUT2D eigenvalue weighted by Gasteiger charge is 2.79. The maximum atomic E-state index is 13.0. The van der Waals surface area contributed by atoms with Gasteiger partial charge < -0.3 is 11.5 Å². The molecule has 1 heterocycles. The number of anilines is 1. The van der Waals surface area contributed by atoms with Crippen molar-refractivity contribution in [1.29, 1.82) is 5.26 Å². The quantitative estimate of drug-likeness (QED) is 0.514. The number of aromatic nitrogens is 2. The van der Waals surface area contributed by atoms with Crippen molar-refractivity contribution in [2.45, 2.75) is 58.2 Å². The molecule has 11 heteroatoms. The minimum atomic E-state index is -4.27. The monoisotopic (exact) mass is 500 g/mol. The Balaban J connectivity index is 1.41. The smallest absolute Gasteiger partial charge is 0.394 e. The highest BCUT2D eigenvalue weighted by atomic mass is 19.4. The Hall–Kier alpha value is -3.81. The van der Waals surface area contributed by atoms with Crippen molar-refractivity contribution in [3.63, 3.8) is 0 Å². The molecule has 1 aromatic heterocycles. The number of carbonyl (C=O) groups excluding carboxylic acids is 2. The van der Waals surface area contributed by atoms with Gasteiger partial charge in [0, 0.05) is 28.8 Å². The van der Waals surface area contributed by atoms with Gasteiger partial charge in [0.05, 0.1) is 11.3 Å². The molecule has 0 saturated heterocycles. The van der Waals surface area contributed by atoms with Gasteiger partial charge in [-0.3, -0.25) is 14.9 Å². The van der Waals surface area contributed by atoms with Crippen molar-refractivity contribution in [2.24, 2.45) is 16.6 Å². The number of nitrogens with one attached hydrogen (secondary N) is 1. The molecule has 3 aliphatic rings. The molecule has 3 saturated carbocycles. The van der Waals surface area contributed by atoms with E-state index >= 15 is 0 Å².